The molecule has 0 radical (unpaired) electrons. The van der Waals surface area contributed by atoms with Gasteiger partial charge in [0.1, 0.15) is 6.33 Å². The number of aromatic nitrogens is 5. The van der Waals surface area contributed by atoms with Crippen LogP contribution in [0.2, 0.25) is 0 Å². The van der Waals surface area contributed by atoms with E-state index in [-0.39, 0.29) is 0 Å². The third kappa shape index (κ3) is 3.27. The summed E-state index contributed by atoms with van der Waals surface area (Å²) in [4.78, 5) is 4.04. The standard InChI is InChI=1S/C12H19N5OS/c1-2-4-6-10(5-3-1)18-7-8-19-12-16-15-11-13-9-14-17(11)12/h9-10H,1-8H2,(H,13,14,15). The molecule has 1 aliphatic carbocycles. The van der Waals surface area contributed by atoms with Crippen LogP contribution in [0.15, 0.2) is 11.5 Å². The highest BCUT2D eigenvalue weighted by Gasteiger charge is 2.13. The van der Waals surface area contributed by atoms with Crippen LogP contribution in [-0.4, -0.2) is 43.3 Å². The summed E-state index contributed by atoms with van der Waals surface area (Å²) < 4.78 is 7.74. The van der Waals surface area contributed by atoms with Crippen LogP contribution >= 0.6 is 11.8 Å². The number of ether oxygens (including phenoxy) is 1. The van der Waals surface area contributed by atoms with Gasteiger partial charge in [-0.1, -0.05) is 37.4 Å². The molecule has 0 unspecified atom stereocenters. The molecule has 2 aromatic rings. The zero-order valence-corrected chi connectivity index (χ0v) is 11.7. The van der Waals surface area contributed by atoms with E-state index in [2.05, 4.69) is 20.3 Å². The van der Waals surface area contributed by atoms with Crippen molar-refractivity contribution in [2.75, 3.05) is 12.4 Å². The summed E-state index contributed by atoms with van der Waals surface area (Å²) >= 11 is 1.65. The fourth-order valence-electron chi connectivity index (χ4n) is 2.45. The molecular formula is C12H19N5OS. The van der Waals surface area contributed by atoms with E-state index in [1.807, 2.05) is 0 Å². The smallest absolute Gasteiger partial charge is 0.272 e. The normalized spacial score (nSPS) is 17.9. The van der Waals surface area contributed by atoms with E-state index >= 15 is 0 Å². The lowest BCUT2D eigenvalue weighted by Gasteiger charge is -2.14. The Balaban J connectivity index is 1.42. The van der Waals surface area contributed by atoms with Gasteiger partial charge < -0.3 is 4.74 Å². The second-order valence-corrected chi connectivity index (χ2v) is 5.90. The molecule has 104 valence electrons. The third-order valence-electron chi connectivity index (χ3n) is 3.45. The lowest BCUT2D eigenvalue weighted by molar-refractivity contribution is 0.0542. The first-order valence-corrected chi connectivity index (χ1v) is 7.91. The molecule has 1 saturated carbocycles. The Hall–Kier alpha value is -1.08. The summed E-state index contributed by atoms with van der Waals surface area (Å²) in [5.74, 6) is 1.52. The highest BCUT2D eigenvalue weighted by Crippen LogP contribution is 2.20. The molecule has 2 heterocycles. The maximum atomic E-state index is 5.95. The van der Waals surface area contributed by atoms with Crippen molar-refractivity contribution in [3.8, 4) is 0 Å². The zero-order valence-electron chi connectivity index (χ0n) is 10.9. The van der Waals surface area contributed by atoms with Crippen molar-refractivity contribution >= 4 is 17.5 Å². The lowest BCUT2D eigenvalue weighted by atomic mass is 10.1. The van der Waals surface area contributed by atoms with Gasteiger partial charge >= 0.3 is 0 Å². The van der Waals surface area contributed by atoms with Crippen LogP contribution in [0.3, 0.4) is 0 Å². The van der Waals surface area contributed by atoms with Gasteiger partial charge in [0, 0.05) is 5.75 Å². The predicted molar refractivity (Wildman–Crippen MR) is 73.3 cm³/mol. The molecule has 2 aromatic heterocycles. The van der Waals surface area contributed by atoms with Crippen LogP contribution in [0.25, 0.3) is 5.78 Å². The van der Waals surface area contributed by atoms with E-state index in [1.54, 1.807) is 22.6 Å². The minimum Gasteiger partial charge on any atom is -0.377 e. The van der Waals surface area contributed by atoms with Crippen molar-refractivity contribution in [1.82, 2.24) is 24.8 Å². The molecule has 0 bridgehead atoms. The zero-order chi connectivity index (χ0) is 12.9. The monoisotopic (exact) mass is 281 g/mol. The van der Waals surface area contributed by atoms with Crippen molar-refractivity contribution in [2.24, 2.45) is 0 Å². The number of nitrogens with zero attached hydrogens (tertiary/aromatic N) is 4. The maximum absolute atomic E-state index is 5.95. The minimum atomic E-state index is 0.466. The number of hydrogen-bond donors (Lipinski definition) is 1. The molecule has 0 spiro atoms. The van der Waals surface area contributed by atoms with Gasteiger partial charge in [0.2, 0.25) is 5.16 Å². The van der Waals surface area contributed by atoms with Crippen LogP contribution in [0.4, 0.5) is 0 Å². The Morgan fingerprint density at radius 3 is 2.95 bits per heavy atom. The summed E-state index contributed by atoms with van der Waals surface area (Å²) in [5.41, 5.74) is 0. The van der Waals surface area contributed by atoms with Crippen molar-refractivity contribution in [3.05, 3.63) is 6.33 Å². The molecule has 0 atom stereocenters. The molecule has 6 nitrogen and oxygen atoms in total. The Labute approximate surface area is 116 Å². The Morgan fingerprint density at radius 1 is 1.26 bits per heavy atom. The van der Waals surface area contributed by atoms with Gasteiger partial charge in [0.05, 0.1) is 12.7 Å². The van der Waals surface area contributed by atoms with Gasteiger partial charge in [-0.2, -0.15) is 9.50 Å². The fraction of sp³-hybridized carbons (Fsp3) is 0.750. The van der Waals surface area contributed by atoms with E-state index in [9.17, 15) is 0 Å². The second-order valence-electron chi connectivity index (χ2n) is 4.84. The number of hydrogen-bond acceptors (Lipinski definition) is 5. The van der Waals surface area contributed by atoms with Gasteiger partial charge in [-0.25, -0.2) is 0 Å². The van der Waals surface area contributed by atoms with Crippen molar-refractivity contribution in [3.63, 3.8) is 0 Å². The minimum absolute atomic E-state index is 0.466. The SMILES string of the molecule is c1nc2nnc(SCCOC3CCCCCC3)n2[nH]1. The van der Waals surface area contributed by atoms with Crippen molar-refractivity contribution < 1.29 is 4.74 Å². The van der Waals surface area contributed by atoms with Crippen molar-refractivity contribution in [1.29, 1.82) is 0 Å². The van der Waals surface area contributed by atoms with Gasteiger partial charge in [-0.15, -0.1) is 10.2 Å². The van der Waals surface area contributed by atoms with E-state index in [4.69, 9.17) is 4.74 Å². The molecule has 0 amide bonds. The highest BCUT2D eigenvalue weighted by atomic mass is 32.2. The molecule has 3 rings (SSSR count). The Morgan fingerprint density at radius 2 is 2.11 bits per heavy atom. The molecular weight excluding hydrogens is 262 g/mol. The first kappa shape index (κ1) is 12.9. The van der Waals surface area contributed by atoms with Gasteiger partial charge in [-0.05, 0) is 12.8 Å². The highest BCUT2D eigenvalue weighted by molar-refractivity contribution is 7.99. The quantitative estimate of drug-likeness (QED) is 0.517. The predicted octanol–water partition coefficient (Wildman–Crippen LogP) is 2.28. The van der Waals surface area contributed by atoms with Gasteiger partial charge in [0.25, 0.3) is 5.78 Å². The van der Waals surface area contributed by atoms with Crippen LogP contribution < -0.4 is 0 Å². The van der Waals surface area contributed by atoms with Gasteiger partial charge in [-0.3, -0.25) is 5.10 Å². The Kier molecular flexibility index (Phi) is 4.34. The first-order valence-electron chi connectivity index (χ1n) is 6.92. The lowest BCUT2D eigenvalue weighted by Crippen LogP contribution is -2.13. The first-order chi connectivity index (χ1) is 9.43. The average molecular weight is 281 g/mol. The number of fused-ring (bicyclic) bond motifs is 1. The van der Waals surface area contributed by atoms with E-state index in [1.165, 1.54) is 38.5 Å². The maximum Gasteiger partial charge on any atom is 0.272 e. The third-order valence-corrected chi connectivity index (χ3v) is 4.35. The average Bonchev–Trinajstić information content (AvgIpc) is 2.93. The topological polar surface area (TPSA) is 68.1 Å². The molecule has 0 aromatic carbocycles. The number of thioether (sulfide) groups is 1. The summed E-state index contributed by atoms with van der Waals surface area (Å²) in [6.07, 6.45) is 9.90. The molecule has 19 heavy (non-hydrogen) atoms. The number of aromatic amines is 1. The number of nitrogens with one attached hydrogen (secondary N) is 1. The molecule has 0 aliphatic heterocycles. The van der Waals surface area contributed by atoms with Crippen molar-refractivity contribution in [2.45, 2.75) is 49.8 Å². The second kappa shape index (κ2) is 6.38. The van der Waals surface area contributed by atoms with Crippen LogP contribution in [0.5, 0.6) is 0 Å². The van der Waals surface area contributed by atoms with E-state index in [0.717, 1.165) is 17.5 Å². The molecule has 1 fully saturated rings. The molecule has 0 saturated heterocycles. The van der Waals surface area contributed by atoms with Crippen LogP contribution in [-0.2, 0) is 4.74 Å². The summed E-state index contributed by atoms with van der Waals surface area (Å²) in [6, 6.07) is 0. The number of rotatable bonds is 5. The summed E-state index contributed by atoms with van der Waals surface area (Å²) in [7, 11) is 0. The van der Waals surface area contributed by atoms with Gasteiger partial charge in [0.15, 0.2) is 0 Å². The molecule has 1 aliphatic rings. The Bertz CT molecular complexity index is 503. The summed E-state index contributed by atoms with van der Waals surface area (Å²) in [6.45, 7) is 0.776. The largest absolute Gasteiger partial charge is 0.377 e. The fourth-order valence-corrected chi connectivity index (χ4v) is 3.18. The molecule has 7 heteroatoms. The van der Waals surface area contributed by atoms with E-state index < -0.39 is 0 Å². The molecule has 1 N–H and O–H groups in total. The van der Waals surface area contributed by atoms with E-state index in [0.29, 0.717) is 11.9 Å². The van der Waals surface area contributed by atoms with Crippen LogP contribution in [0.1, 0.15) is 38.5 Å². The van der Waals surface area contributed by atoms with Crippen LogP contribution in [0, 0.1) is 0 Å². The number of H-pyrrole nitrogens is 1. The summed E-state index contributed by atoms with van der Waals surface area (Å²) in [5, 5.41) is 11.9.